The quantitative estimate of drug-likeness (QED) is 0.818. The standard InChI is InChI=1S/C17H33N3O2/c1-11(2)19(5)12-6-7-15(13(10-12)17(3,4)22)20-9-8-14(18)16(20)21/h11-15,22H,6-10,18H2,1-5H3/t12-,13-,14?,15+/m1/s1. The van der Waals surface area contributed by atoms with Crippen LogP contribution in [-0.2, 0) is 4.79 Å². The zero-order valence-corrected chi connectivity index (χ0v) is 14.7. The minimum Gasteiger partial charge on any atom is -0.390 e. The molecule has 0 bridgehead atoms. The van der Waals surface area contributed by atoms with Crippen molar-refractivity contribution in [3.63, 3.8) is 0 Å². The van der Waals surface area contributed by atoms with Crippen LogP contribution in [0.5, 0.6) is 0 Å². The molecule has 0 radical (unpaired) electrons. The van der Waals surface area contributed by atoms with Gasteiger partial charge in [0.25, 0.3) is 0 Å². The van der Waals surface area contributed by atoms with Gasteiger partial charge in [-0.1, -0.05) is 0 Å². The van der Waals surface area contributed by atoms with Gasteiger partial charge in [-0.05, 0) is 60.4 Å². The van der Waals surface area contributed by atoms with Crippen LogP contribution in [0.15, 0.2) is 0 Å². The maximum Gasteiger partial charge on any atom is 0.239 e. The van der Waals surface area contributed by atoms with E-state index in [1.807, 2.05) is 18.7 Å². The molecule has 2 aliphatic rings. The molecular weight excluding hydrogens is 278 g/mol. The van der Waals surface area contributed by atoms with E-state index in [0.717, 1.165) is 32.2 Å². The molecule has 128 valence electrons. The first-order valence-corrected chi connectivity index (χ1v) is 8.63. The highest BCUT2D eigenvalue weighted by atomic mass is 16.3. The lowest BCUT2D eigenvalue weighted by Crippen LogP contribution is -2.56. The molecule has 4 atom stereocenters. The second kappa shape index (κ2) is 6.46. The Hall–Kier alpha value is -0.650. The topological polar surface area (TPSA) is 69.8 Å². The Morgan fingerprint density at radius 2 is 1.95 bits per heavy atom. The summed E-state index contributed by atoms with van der Waals surface area (Å²) in [5.41, 5.74) is 5.10. The molecule has 5 heteroatoms. The smallest absolute Gasteiger partial charge is 0.239 e. The van der Waals surface area contributed by atoms with Crippen LogP contribution in [-0.4, -0.2) is 64.2 Å². The zero-order chi connectivity index (χ0) is 16.7. The largest absolute Gasteiger partial charge is 0.390 e. The van der Waals surface area contributed by atoms with Gasteiger partial charge in [-0.2, -0.15) is 0 Å². The normalized spacial score (nSPS) is 34.0. The Kier molecular flexibility index (Phi) is 5.20. The van der Waals surface area contributed by atoms with E-state index in [1.54, 1.807) is 0 Å². The third-order valence-electron chi connectivity index (χ3n) is 5.77. The van der Waals surface area contributed by atoms with Gasteiger partial charge in [-0.25, -0.2) is 0 Å². The molecule has 1 saturated carbocycles. The highest BCUT2D eigenvalue weighted by Gasteiger charge is 2.46. The van der Waals surface area contributed by atoms with Crippen LogP contribution in [0, 0.1) is 5.92 Å². The summed E-state index contributed by atoms with van der Waals surface area (Å²) in [7, 11) is 2.16. The van der Waals surface area contributed by atoms with Crippen molar-refractivity contribution in [2.45, 2.75) is 83.1 Å². The highest BCUT2D eigenvalue weighted by Crippen LogP contribution is 2.39. The van der Waals surface area contributed by atoms with E-state index in [9.17, 15) is 9.90 Å². The molecule has 1 heterocycles. The van der Waals surface area contributed by atoms with E-state index in [0.29, 0.717) is 12.1 Å². The molecule has 1 aliphatic heterocycles. The molecular formula is C17H33N3O2. The summed E-state index contributed by atoms with van der Waals surface area (Å²) in [5, 5.41) is 10.7. The van der Waals surface area contributed by atoms with Crippen LogP contribution in [0.1, 0.15) is 53.4 Å². The van der Waals surface area contributed by atoms with E-state index in [-0.39, 0.29) is 23.9 Å². The number of hydrogen-bond acceptors (Lipinski definition) is 4. The van der Waals surface area contributed by atoms with Crippen molar-refractivity contribution in [2.75, 3.05) is 13.6 Å². The van der Waals surface area contributed by atoms with Gasteiger partial charge in [0.05, 0.1) is 11.6 Å². The highest BCUT2D eigenvalue weighted by molar-refractivity contribution is 5.84. The molecule has 0 aromatic carbocycles. The lowest BCUT2D eigenvalue weighted by atomic mass is 9.72. The van der Waals surface area contributed by atoms with Crippen LogP contribution < -0.4 is 5.73 Å². The Balaban J connectivity index is 2.16. The number of rotatable bonds is 4. The second-order valence-corrected chi connectivity index (χ2v) is 7.98. The Morgan fingerprint density at radius 3 is 2.41 bits per heavy atom. The minimum absolute atomic E-state index is 0.0647. The predicted octanol–water partition coefficient (Wildman–Crippen LogP) is 1.19. The molecule has 1 amide bonds. The summed E-state index contributed by atoms with van der Waals surface area (Å²) in [4.78, 5) is 16.6. The molecule has 1 saturated heterocycles. The summed E-state index contributed by atoms with van der Waals surface area (Å²) in [6.45, 7) is 8.90. The lowest BCUT2D eigenvalue weighted by molar-refractivity contribution is -0.136. The van der Waals surface area contributed by atoms with E-state index >= 15 is 0 Å². The van der Waals surface area contributed by atoms with Crippen molar-refractivity contribution in [1.29, 1.82) is 0 Å². The third kappa shape index (κ3) is 3.47. The fraction of sp³-hybridized carbons (Fsp3) is 0.941. The van der Waals surface area contributed by atoms with Crippen LogP contribution in [0.2, 0.25) is 0 Å². The zero-order valence-electron chi connectivity index (χ0n) is 14.7. The first kappa shape index (κ1) is 17.7. The number of aliphatic hydroxyl groups is 1. The summed E-state index contributed by atoms with van der Waals surface area (Å²) >= 11 is 0. The SMILES string of the molecule is CC(C)N(C)[C@@H]1CC[C@H](N2CCC(N)C2=O)[C@H](C(C)(C)O)C1. The van der Waals surface area contributed by atoms with Crippen LogP contribution in [0.25, 0.3) is 0 Å². The number of amides is 1. The number of carbonyl (C=O) groups excluding carboxylic acids is 1. The third-order valence-corrected chi connectivity index (χ3v) is 5.77. The molecule has 22 heavy (non-hydrogen) atoms. The monoisotopic (exact) mass is 311 g/mol. The van der Waals surface area contributed by atoms with Crippen LogP contribution >= 0.6 is 0 Å². The number of carbonyl (C=O) groups is 1. The average Bonchev–Trinajstić information content (AvgIpc) is 2.76. The summed E-state index contributed by atoms with van der Waals surface area (Å²) in [5.74, 6) is 0.164. The lowest BCUT2D eigenvalue weighted by Gasteiger charge is -2.48. The Bertz CT molecular complexity index is 405. The number of hydrogen-bond donors (Lipinski definition) is 2. The van der Waals surface area contributed by atoms with Crippen LogP contribution in [0.4, 0.5) is 0 Å². The van der Waals surface area contributed by atoms with Crippen molar-refractivity contribution in [1.82, 2.24) is 9.80 Å². The molecule has 5 nitrogen and oxygen atoms in total. The summed E-state index contributed by atoms with van der Waals surface area (Å²) in [6, 6.07) is 0.737. The number of nitrogens with zero attached hydrogens (tertiary/aromatic N) is 2. The Labute approximate surface area is 134 Å². The molecule has 2 fully saturated rings. The van der Waals surface area contributed by atoms with Gasteiger partial charge in [-0.15, -0.1) is 0 Å². The Morgan fingerprint density at radius 1 is 1.32 bits per heavy atom. The van der Waals surface area contributed by atoms with E-state index in [2.05, 4.69) is 25.8 Å². The fourth-order valence-electron chi connectivity index (χ4n) is 4.11. The second-order valence-electron chi connectivity index (χ2n) is 7.98. The van der Waals surface area contributed by atoms with Gasteiger partial charge in [0.1, 0.15) is 0 Å². The summed E-state index contributed by atoms with van der Waals surface area (Å²) < 4.78 is 0. The molecule has 1 aliphatic carbocycles. The van der Waals surface area contributed by atoms with Gasteiger partial charge >= 0.3 is 0 Å². The van der Waals surface area contributed by atoms with Crippen LogP contribution in [0.3, 0.4) is 0 Å². The maximum absolute atomic E-state index is 12.3. The van der Waals surface area contributed by atoms with Crippen molar-refractivity contribution in [2.24, 2.45) is 11.7 Å². The minimum atomic E-state index is -0.784. The first-order valence-electron chi connectivity index (χ1n) is 8.63. The van der Waals surface area contributed by atoms with Crippen molar-refractivity contribution in [3.05, 3.63) is 0 Å². The van der Waals surface area contributed by atoms with E-state index in [4.69, 9.17) is 5.73 Å². The van der Waals surface area contributed by atoms with Crippen molar-refractivity contribution in [3.8, 4) is 0 Å². The van der Waals surface area contributed by atoms with Gasteiger partial charge in [0.15, 0.2) is 0 Å². The van der Waals surface area contributed by atoms with Gasteiger partial charge < -0.3 is 20.6 Å². The number of nitrogens with two attached hydrogens (primary N) is 1. The first-order chi connectivity index (χ1) is 10.1. The fourth-order valence-corrected chi connectivity index (χ4v) is 4.11. The predicted molar refractivity (Wildman–Crippen MR) is 88.4 cm³/mol. The molecule has 0 spiro atoms. The van der Waals surface area contributed by atoms with Crippen molar-refractivity contribution < 1.29 is 9.90 Å². The molecule has 3 N–H and O–H groups in total. The van der Waals surface area contributed by atoms with E-state index in [1.165, 1.54) is 0 Å². The molecule has 1 unspecified atom stereocenters. The summed E-state index contributed by atoms with van der Waals surface area (Å²) in [6.07, 6.45) is 3.70. The van der Waals surface area contributed by atoms with Crippen molar-refractivity contribution >= 4 is 5.91 Å². The molecule has 2 rings (SSSR count). The van der Waals surface area contributed by atoms with E-state index < -0.39 is 5.60 Å². The molecule has 0 aromatic rings. The van der Waals surface area contributed by atoms with Gasteiger partial charge in [-0.3, -0.25) is 4.79 Å². The maximum atomic E-state index is 12.3. The number of likely N-dealkylation sites (tertiary alicyclic amines) is 1. The van der Waals surface area contributed by atoms with Gasteiger partial charge in [0.2, 0.25) is 5.91 Å². The average molecular weight is 311 g/mol. The molecule has 0 aromatic heterocycles. The van der Waals surface area contributed by atoms with Gasteiger partial charge in [0, 0.05) is 30.6 Å².